The van der Waals surface area contributed by atoms with Crippen LogP contribution in [0.4, 0.5) is 0 Å². The molecule has 0 radical (unpaired) electrons. The van der Waals surface area contributed by atoms with Crippen LogP contribution in [0.15, 0.2) is 65.8 Å². The van der Waals surface area contributed by atoms with Crippen molar-refractivity contribution in [3.05, 3.63) is 77.6 Å². The lowest BCUT2D eigenvalue weighted by Crippen LogP contribution is -2.37. The molecule has 2 aromatic carbocycles. The molecule has 0 aliphatic carbocycles. The molecular weight excluding hydrogens is 416 g/mol. The van der Waals surface area contributed by atoms with Crippen LogP contribution in [0.3, 0.4) is 0 Å². The molecule has 162 valence electrons. The summed E-state index contributed by atoms with van der Waals surface area (Å²) in [5.41, 5.74) is 0.913. The van der Waals surface area contributed by atoms with Crippen molar-refractivity contribution in [1.29, 1.82) is 0 Å². The normalized spacial score (nSPS) is 11.2. The van der Waals surface area contributed by atoms with Gasteiger partial charge < -0.3 is 14.6 Å². The number of thioether (sulfide) groups is 1. The first-order chi connectivity index (χ1) is 14.8. The van der Waals surface area contributed by atoms with E-state index in [-0.39, 0.29) is 6.61 Å². The van der Waals surface area contributed by atoms with Crippen molar-refractivity contribution in [1.82, 2.24) is 9.78 Å². The molecule has 1 heterocycles. The molecule has 0 amide bonds. The largest absolute Gasteiger partial charge is 0.478 e. The van der Waals surface area contributed by atoms with Crippen LogP contribution in [-0.4, -0.2) is 38.7 Å². The van der Waals surface area contributed by atoms with Gasteiger partial charge in [-0.1, -0.05) is 12.1 Å². The Kier molecular flexibility index (Phi) is 7.02. The second-order valence-corrected chi connectivity index (χ2v) is 8.29. The van der Waals surface area contributed by atoms with Gasteiger partial charge in [0.2, 0.25) is 0 Å². The summed E-state index contributed by atoms with van der Waals surface area (Å²) in [7, 11) is 0. The highest BCUT2D eigenvalue weighted by atomic mass is 32.2. The summed E-state index contributed by atoms with van der Waals surface area (Å²) in [5, 5.41) is 13.4. The van der Waals surface area contributed by atoms with Crippen molar-refractivity contribution < 1.29 is 24.2 Å². The summed E-state index contributed by atoms with van der Waals surface area (Å²) in [6.07, 6.45) is 5.56. The van der Waals surface area contributed by atoms with Crippen molar-refractivity contribution in [2.45, 2.75) is 37.5 Å². The van der Waals surface area contributed by atoms with Gasteiger partial charge in [-0.3, -0.25) is 4.68 Å². The summed E-state index contributed by atoms with van der Waals surface area (Å²) < 4.78 is 12.6. The lowest BCUT2D eigenvalue weighted by Gasteiger charge is -2.21. The predicted molar refractivity (Wildman–Crippen MR) is 117 cm³/mol. The number of hydrogen-bond donors (Lipinski definition) is 1. The average molecular weight is 441 g/mol. The molecule has 8 heteroatoms. The number of carboxylic acids is 1. The minimum absolute atomic E-state index is 0.106. The molecule has 0 aliphatic heterocycles. The molecular formula is C23H24N2O5S. The minimum atomic E-state index is -1.36. The van der Waals surface area contributed by atoms with E-state index in [9.17, 15) is 9.59 Å². The molecule has 0 saturated carbocycles. The number of benzene rings is 2. The van der Waals surface area contributed by atoms with E-state index >= 15 is 0 Å². The first-order valence-corrected chi connectivity index (χ1v) is 10.8. The van der Waals surface area contributed by atoms with E-state index in [0.717, 1.165) is 11.1 Å². The van der Waals surface area contributed by atoms with Gasteiger partial charge in [0.15, 0.2) is 5.60 Å². The molecule has 0 unspecified atom stereocenters. The van der Waals surface area contributed by atoms with Crippen LogP contribution in [0, 0.1) is 0 Å². The molecule has 0 bridgehead atoms. The maximum atomic E-state index is 12.3. The Bertz CT molecular complexity index is 1040. The smallest absolute Gasteiger partial charge is 0.347 e. The number of carboxylic acid groups (broad SMARTS) is 1. The van der Waals surface area contributed by atoms with E-state index in [1.165, 1.54) is 30.9 Å². The Hall–Kier alpha value is -3.26. The predicted octanol–water partition coefficient (Wildman–Crippen LogP) is 4.25. The number of rotatable bonds is 9. The van der Waals surface area contributed by atoms with E-state index in [4.69, 9.17) is 14.6 Å². The molecule has 0 aliphatic rings. The molecule has 0 fully saturated rings. The van der Waals surface area contributed by atoms with Gasteiger partial charge in [-0.15, -0.1) is 11.8 Å². The Labute approximate surface area is 185 Å². The van der Waals surface area contributed by atoms with E-state index in [1.54, 1.807) is 34.8 Å². The summed E-state index contributed by atoms with van der Waals surface area (Å²) in [6, 6.07) is 14.4. The fraction of sp³-hybridized carbons (Fsp3) is 0.261. The lowest BCUT2D eigenvalue weighted by molar-refractivity contribution is -0.152. The molecule has 7 nitrogen and oxygen atoms in total. The molecule has 0 spiro atoms. The zero-order valence-corrected chi connectivity index (χ0v) is 18.4. The van der Waals surface area contributed by atoms with Crippen LogP contribution >= 0.6 is 11.8 Å². The standard InChI is InChI=1S/C23H24N2O5S/c1-23(2,22(27)28)30-19-8-6-18(7-9-19)21(26)29-15-17-12-24-25(14-17)13-16-4-10-20(31-3)11-5-16/h4-12,14H,13,15H2,1-3H3,(H,27,28). The van der Waals surface area contributed by atoms with Crippen LogP contribution in [-0.2, 0) is 22.7 Å². The van der Waals surface area contributed by atoms with Crippen molar-refractivity contribution in [2.24, 2.45) is 0 Å². The number of esters is 1. The van der Waals surface area contributed by atoms with E-state index < -0.39 is 17.5 Å². The first-order valence-electron chi connectivity index (χ1n) is 9.61. The molecule has 0 atom stereocenters. The fourth-order valence-corrected chi connectivity index (χ4v) is 3.12. The number of carbonyl (C=O) groups excluding carboxylic acids is 1. The molecule has 31 heavy (non-hydrogen) atoms. The van der Waals surface area contributed by atoms with E-state index in [0.29, 0.717) is 17.9 Å². The summed E-state index contributed by atoms with van der Waals surface area (Å²) in [5.74, 6) is -1.20. The number of aromatic nitrogens is 2. The second-order valence-electron chi connectivity index (χ2n) is 7.41. The average Bonchev–Trinajstić information content (AvgIpc) is 3.20. The highest BCUT2D eigenvalue weighted by Gasteiger charge is 2.29. The van der Waals surface area contributed by atoms with Crippen LogP contribution in [0.5, 0.6) is 5.75 Å². The number of carbonyl (C=O) groups is 2. The van der Waals surface area contributed by atoms with Crippen molar-refractivity contribution >= 4 is 23.7 Å². The molecule has 1 N–H and O–H groups in total. The summed E-state index contributed by atoms with van der Waals surface area (Å²) >= 11 is 1.70. The third-order valence-electron chi connectivity index (χ3n) is 4.54. The van der Waals surface area contributed by atoms with Gasteiger partial charge >= 0.3 is 11.9 Å². The second kappa shape index (κ2) is 9.70. The third kappa shape index (κ3) is 6.11. The number of nitrogens with zero attached hydrogens (tertiary/aromatic N) is 2. The van der Waals surface area contributed by atoms with Gasteiger partial charge in [0.05, 0.1) is 18.3 Å². The zero-order valence-electron chi connectivity index (χ0n) is 17.6. The van der Waals surface area contributed by atoms with Crippen molar-refractivity contribution in [2.75, 3.05) is 6.26 Å². The zero-order chi connectivity index (χ0) is 22.4. The topological polar surface area (TPSA) is 90.7 Å². The lowest BCUT2D eigenvalue weighted by atomic mass is 10.1. The molecule has 3 rings (SSSR count). The van der Waals surface area contributed by atoms with Gasteiger partial charge in [-0.2, -0.15) is 5.10 Å². The van der Waals surface area contributed by atoms with Crippen LogP contribution < -0.4 is 4.74 Å². The van der Waals surface area contributed by atoms with Crippen LogP contribution in [0.2, 0.25) is 0 Å². The Morgan fingerprint density at radius 1 is 1.06 bits per heavy atom. The first kappa shape index (κ1) is 22.4. The Balaban J connectivity index is 1.53. The van der Waals surface area contributed by atoms with Crippen molar-refractivity contribution in [3.8, 4) is 5.75 Å². The molecule has 0 saturated heterocycles. The Morgan fingerprint density at radius 3 is 2.35 bits per heavy atom. The number of aliphatic carboxylic acids is 1. The quantitative estimate of drug-likeness (QED) is 0.393. The van der Waals surface area contributed by atoms with Gasteiger partial charge in [-0.25, -0.2) is 9.59 Å². The highest BCUT2D eigenvalue weighted by molar-refractivity contribution is 7.98. The molecule has 3 aromatic rings. The summed E-state index contributed by atoms with van der Waals surface area (Å²) in [4.78, 5) is 24.6. The highest BCUT2D eigenvalue weighted by Crippen LogP contribution is 2.20. The van der Waals surface area contributed by atoms with Gasteiger partial charge in [0, 0.05) is 16.7 Å². The van der Waals surface area contributed by atoms with Crippen LogP contribution in [0.25, 0.3) is 0 Å². The van der Waals surface area contributed by atoms with Crippen molar-refractivity contribution in [3.63, 3.8) is 0 Å². The maximum absolute atomic E-state index is 12.3. The van der Waals surface area contributed by atoms with Gasteiger partial charge in [0.25, 0.3) is 0 Å². The maximum Gasteiger partial charge on any atom is 0.347 e. The molecule has 1 aromatic heterocycles. The summed E-state index contributed by atoms with van der Waals surface area (Å²) in [6.45, 7) is 3.65. The third-order valence-corrected chi connectivity index (χ3v) is 5.28. The number of ether oxygens (including phenoxy) is 2. The van der Waals surface area contributed by atoms with Gasteiger partial charge in [-0.05, 0) is 62.1 Å². The van der Waals surface area contributed by atoms with Crippen LogP contribution in [0.1, 0.15) is 35.3 Å². The SMILES string of the molecule is CSc1ccc(Cn2cc(COC(=O)c3ccc(OC(C)(C)C(=O)O)cc3)cn2)cc1. The van der Waals surface area contributed by atoms with E-state index in [2.05, 4.69) is 29.4 Å². The van der Waals surface area contributed by atoms with Gasteiger partial charge in [0.1, 0.15) is 12.4 Å². The fourth-order valence-electron chi connectivity index (χ4n) is 2.71. The Morgan fingerprint density at radius 2 is 1.74 bits per heavy atom. The van der Waals surface area contributed by atoms with E-state index in [1.807, 2.05) is 12.5 Å². The minimum Gasteiger partial charge on any atom is -0.478 e. The monoisotopic (exact) mass is 440 g/mol. The number of hydrogen-bond acceptors (Lipinski definition) is 6.